The summed E-state index contributed by atoms with van der Waals surface area (Å²) in [5.41, 5.74) is 1.14. The molecule has 0 aliphatic carbocycles. The number of carbonyl (C=O) groups is 1. The molecule has 140 valence electrons. The topological polar surface area (TPSA) is 36.4 Å². The van der Waals surface area contributed by atoms with E-state index in [-0.39, 0.29) is 11.7 Å². The fraction of sp³-hybridized carbons (Fsp3) is 0.182. The summed E-state index contributed by atoms with van der Waals surface area (Å²) in [5, 5.41) is 3.02. The first-order valence-electron chi connectivity index (χ1n) is 9.27. The van der Waals surface area contributed by atoms with Crippen molar-refractivity contribution < 1.29 is 9.18 Å². The van der Waals surface area contributed by atoms with Crippen molar-refractivity contribution in [2.75, 3.05) is 31.1 Å². The lowest BCUT2D eigenvalue weighted by Crippen LogP contribution is -2.48. The number of para-hydroxylation sites is 1. The molecular formula is C22H18FN3OS. The van der Waals surface area contributed by atoms with Crippen LogP contribution in [0.25, 0.3) is 21.0 Å². The zero-order chi connectivity index (χ0) is 19.1. The van der Waals surface area contributed by atoms with Crippen molar-refractivity contribution in [2.24, 2.45) is 0 Å². The van der Waals surface area contributed by atoms with Crippen LogP contribution in [0, 0.1) is 5.82 Å². The van der Waals surface area contributed by atoms with Crippen molar-refractivity contribution in [2.45, 2.75) is 0 Å². The highest BCUT2D eigenvalue weighted by Gasteiger charge is 2.24. The number of carbonyl (C=O) groups excluding carboxylic acids is 1. The summed E-state index contributed by atoms with van der Waals surface area (Å²) in [4.78, 5) is 21.4. The van der Waals surface area contributed by atoms with Crippen LogP contribution in [0.5, 0.6) is 0 Å². The maximum Gasteiger partial charge on any atom is 0.253 e. The number of nitrogens with zero attached hydrogens (tertiary/aromatic N) is 3. The summed E-state index contributed by atoms with van der Waals surface area (Å²) in [6.07, 6.45) is 0. The molecule has 0 saturated carbocycles. The van der Waals surface area contributed by atoms with E-state index in [4.69, 9.17) is 0 Å². The van der Waals surface area contributed by atoms with Crippen molar-refractivity contribution in [3.8, 4) is 0 Å². The van der Waals surface area contributed by atoms with Crippen LogP contribution in [0.2, 0.25) is 0 Å². The molecule has 6 heteroatoms. The Labute approximate surface area is 165 Å². The Balaban J connectivity index is 1.31. The summed E-state index contributed by atoms with van der Waals surface area (Å²) in [7, 11) is 0. The number of amides is 1. The fourth-order valence-electron chi connectivity index (χ4n) is 3.64. The Morgan fingerprint density at radius 3 is 2.50 bits per heavy atom. The Morgan fingerprint density at radius 2 is 1.71 bits per heavy atom. The monoisotopic (exact) mass is 391 g/mol. The van der Waals surface area contributed by atoms with E-state index >= 15 is 0 Å². The van der Waals surface area contributed by atoms with Crippen molar-refractivity contribution >= 4 is 43.4 Å². The molecule has 1 aliphatic rings. The van der Waals surface area contributed by atoms with Gasteiger partial charge in [-0.2, -0.15) is 0 Å². The van der Waals surface area contributed by atoms with E-state index in [1.54, 1.807) is 6.07 Å². The van der Waals surface area contributed by atoms with E-state index in [1.807, 2.05) is 53.4 Å². The van der Waals surface area contributed by atoms with Crippen LogP contribution in [0.3, 0.4) is 0 Å². The zero-order valence-electron chi connectivity index (χ0n) is 15.1. The first-order chi connectivity index (χ1) is 13.7. The second-order valence-electron chi connectivity index (χ2n) is 6.92. The second kappa shape index (κ2) is 6.87. The van der Waals surface area contributed by atoms with Crippen LogP contribution in [-0.2, 0) is 0 Å². The highest BCUT2D eigenvalue weighted by atomic mass is 32.1. The summed E-state index contributed by atoms with van der Waals surface area (Å²) < 4.78 is 14.8. The number of anilines is 1. The molecular weight excluding hydrogens is 373 g/mol. The lowest BCUT2D eigenvalue weighted by Gasteiger charge is -2.34. The molecule has 2 heterocycles. The third kappa shape index (κ3) is 2.99. The largest absolute Gasteiger partial charge is 0.345 e. The van der Waals surface area contributed by atoms with Crippen molar-refractivity contribution in [1.29, 1.82) is 0 Å². The molecule has 0 atom stereocenters. The van der Waals surface area contributed by atoms with E-state index in [0.717, 1.165) is 20.6 Å². The van der Waals surface area contributed by atoms with Gasteiger partial charge in [-0.05, 0) is 35.0 Å². The van der Waals surface area contributed by atoms with E-state index in [9.17, 15) is 9.18 Å². The number of benzene rings is 3. The SMILES string of the molecule is O=C(c1ccc2ccccc2c1)N1CCN(c2nc3c(F)cccc3s2)CC1. The fourth-order valence-corrected chi connectivity index (χ4v) is 4.68. The first kappa shape index (κ1) is 17.1. The minimum Gasteiger partial charge on any atom is -0.345 e. The van der Waals surface area contributed by atoms with Gasteiger partial charge >= 0.3 is 0 Å². The van der Waals surface area contributed by atoms with Gasteiger partial charge in [0.15, 0.2) is 5.13 Å². The number of piperazine rings is 1. The molecule has 0 N–H and O–H groups in total. The number of hydrogen-bond acceptors (Lipinski definition) is 4. The molecule has 0 radical (unpaired) electrons. The van der Waals surface area contributed by atoms with Gasteiger partial charge in [-0.15, -0.1) is 0 Å². The van der Waals surface area contributed by atoms with E-state index < -0.39 is 0 Å². The number of fused-ring (bicyclic) bond motifs is 2. The predicted molar refractivity (Wildman–Crippen MR) is 112 cm³/mol. The quantitative estimate of drug-likeness (QED) is 0.503. The number of halogens is 1. The molecule has 3 aromatic carbocycles. The third-order valence-electron chi connectivity index (χ3n) is 5.19. The molecule has 1 saturated heterocycles. The molecule has 1 aliphatic heterocycles. The third-order valence-corrected chi connectivity index (χ3v) is 6.27. The number of thiazole rings is 1. The summed E-state index contributed by atoms with van der Waals surface area (Å²) in [5.74, 6) is -0.231. The molecule has 0 spiro atoms. The van der Waals surface area contributed by atoms with Crippen molar-refractivity contribution in [3.63, 3.8) is 0 Å². The summed E-state index contributed by atoms with van der Waals surface area (Å²) >= 11 is 1.50. The zero-order valence-corrected chi connectivity index (χ0v) is 16.0. The van der Waals surface area contributed by atoms with Gasteiger partial charge in [-0.3, -0.25) is 4.79 Å². The van der Waals surface area contributed by atoms with E-state index in [1.165, 1.54) is 17.4 Å². The van der Waals surface area contributed by atoms with E-state index in [2.05, 4.69) is 9.88 Å². The number of aromatic nitrogens is 1. The average molecular weight is 391 g/mol. The minimum absolute atomic E-state index is 0.0562. The lowest BCUT2D eigenvalue weighted by atomic mass is 10.1. The van der Waals surface area contributed by atoms with Gasteiger partial charge in [0.2, 0.25) is 0 Å². The Kier molecular flexibility index (Phi) is 4.20. The maximum absolute atomic E-state index is 13.9. The normalized spacial score (nSPS) is 14.8. The molecule has 0 bridgehead atoms. The standard InChI is InChI=1S/C22H18FN3OS/c23-18-6-3-7-19-20(18)24-22(28-19)26-12-10-25(11-13-26)21(27)17-9-8-15-4-1-2-5-16(15)14-17/h1-9,14H,10-13H2. The molecule has 4 nitrogen and oxygen atoms in total. The van der Waals surface area contributed by atoms with E-state index in [0.29, 0.717) is 37.3 Å². The van der Waals surface area contributed by atoms with Crippen LogP contribution in [-0.4, -0.2) is 42.0 Å². The summed E-state index contributed by atoms with van der Waals surface area (Å²) in [6, 6.07) is 18.9. The van der Waals surface area contributed by atoms with Gasteiger partial charge in [0.25, 0.3) is 5.91 Å². The van der Waals surface area contributed by atoms with Crippen LogP contribution in [0.15, 0.2) is 60.7 Å². The first-order valence-corrected chi connectivity index (χ1v) is 10.1. The Bertz CT molecular complexity index is 1180. The predicted octanol–water partition coefficient (Wildman–Crippen LogP) is 4.55. The molecule has 28 heavy (non-hydrogen) atoms. The van der Waals surface area contributed by atoms with Gasteiger partial charge in [-0.1, -0.05) is 47.7 Å². The molecule has 1 aromatic heterocycles. The Morgan fingerprint density at radius 1 is 0.929 bits per heavy atom. The van der Waals surface area contributed by atoms with Crippen molar-refractivity contribution in [1.82, 2.24) is 9.88 Å². The van der Waals surface area contributed by atoms with Crippen LogP contribution in [0.1, 0.15) is 10.4 Å². The number of rotatable bonds is 2. The maximum atomic E-state index is 13.9. The highest BCUT2D eigenvalue weighted by Crippen LogP contribution is 2.30. The summed E-state index contributed by atoms with van der Waals surface area (Å²) in [6.45, 7) is 2.65. The van der Waals surface area contributed by atoms with Crippen LogP contribution < -0.4 is 4.90 Å². The molecule has 1 amide bonds. The highest BCUT2D eigenvalue weighted by molar-refractivity contribution is 7.22. The molecule has 0 unspecified atom stereocenters. The Hall–Kier alpha value is -2.99. The molecule has 5 rings (SSSR count). The van der Waals surface area contributed by atoms with Gasteiger partial charge in [0.05, 0.1) is 4.70 Å². The van der Waals surface area contributed by atoms with Crippen LogP contribution >= 0.6 is 11.3 Å². The van der Waals surface area contributed by atoms with Crippen molar-refractivity contribution in [3.05, 3.63) is 72.0 Å². The van der Waals surface area contributed by atoms with Gasteiger partial charge in [0, 0.05) is 31.7 Å². The molecule has 4 aromatic rings. The molecule has 1 fully saturated rings. The minimum atomic E-state index is -0.287. The smallest absolute Gasteiger partial charge is 0.253 e. The number of hydrogen-bond donors (Lipinski definition) is 0. The van der Waals surface area contributed by atoms with Crippen LogP contribution in [0.4, 0.5) is 9.52 Å². The average Bonchev–Trinajstić information content (AvgIpc) is 3.19. The van der Waals surface area contributed by atoms with Gasteiger partial charge in [-0.25, -0.2) is 9.37 Å². The van der Waals surface area contributed by atoms with Gasteiger partial charge in [0.1, 0.15) is 11.3 Å². The van der Waals surface area contributed by atoms with Gasteiger partial charge < -0.3 is 9.80 Å². The lowest BCUT2D eigenvalue weighted by molar-refractivity contribution is 0.0747. The second-order valence-corrected chi connectivity index (χ2v) is 7.93.